The maximum absolute atomic E-state index is 12.8. The number of thioether (sulfide) groups is 1. The van der Waals surface area contributed by atoms with E-state index in [-0.39, 0.29) is 16.8 Å². The third-order valence-corrected chi connectivity index (χ3v) is 6.55. The molecular formula is C22H32BrNO4S. The standard InChI is InChI=1S/C22H32BrNO4S/c1-4-5-6-7-8-9-10-11-21(28)29-15-19(25)24(14-20(26)27)22-16(2)12-13-18(23)17(22)3/h12-13H,4-11,14-15H2,1-3H3,(H,26,27). The number of carboxylic acid groups (broad SMARTS) is 1. The lowest BCUT2D eigenvalue weighted by Crippen LogP contribution is -2.38. The molecule has 0 aliphatic heterocycles. The van der Waals surface area contributed by atoms with Crippen molar-refractivity contribution in [2.45, 2.75) is 72.1 Å². The Balaban J connectivity index is 2.59. The topological polar surface area (TPSA) is 74.7 Å². The van der Waals surface area contributed by atoms with Gasteiger partial charge in [-0.2, -0.15) is 0 Å². The largest absolute Gasteiger partial charge is 0.480 e. The van der Waals surface area contributed by atoms with Gasteiger partial charge in [0.25, 0.3) is 0 Å². The number of halogens is 1. The molecule has 0 radical (unpaired) electrons. The zero-order chi connectivity index (χ0) is 21.8. The molecule has 0 heterocycles. The summed E-state index contributed by atoms with van der Waals surface area (Å²) in [6.07, 6.45) is 8.43. The van der Waals surface area contributed by atoms with Crippen LogP contribution in [0.15, 0.2) is 16.6 Å². The predicted octanol–water partition coefficient (Wildman–Crippen LogP) is 5.88. The van der Waals surface area contributed by atoms with Crippen LogP contribution < -0.4 is 4.90 Å². The highest BCUT2D eigenvalue weighted by atomic mass is 79.9. The minimum absolute atomic E-state index is 0.00938. The van der Waals surface area contributed by atoms with Gasteiger partial charge in [0.15, 0.2) is 5.12 Å². The van der Waals surface area contributed by atoms with E-state index in [9.17, 15) is 19.5 Å². The number of amides is 1. The van der Waals surface area contributed by atoms with E-state index in [0.29, 0.717) is 12.1 Å². The lowest BCUT2D eigenvalue weighted by Gasteiger charge is -2.25. The summed E-state index contributed by atoms with van der Waals surface area (Å²) in [4.78, 5) is 37.5. The molecule has 162 valence electrons. The van der Waals surface area contributed by atoms with E-state index in [2.05, 4.69) is 22.9 Å². The number of anilines is 1. The van der Waals surface area contributed by atoms with E-state index in [0.717, 1.165) is 46.6 Å². The van der Waals surface area contributed by atoms with Crippen molar-refractivity contribution in [1.29, 1.82) is 0 Å². The first-order valence-electron chi connectivity index (χ1n) is 10.2. The van der Waals surface area contributed by atoms with Gasteiger partial charge in [-0.1, -0.05) is 79.2 Å². The summed E-state index contributed by atoms with van der Waals surface area (Å²) < 4.78 is 0.809. The monoisotopic (exact) mass is 485 g/mol. The third-order valence-electron chi connectivity index (χ3n) is 4.77. The van der Waals surface area contributed by atoms with Crippen LogP contribution in [0.2, 0.25) is 0 Å². The minimum atomic E-state index is -1.09. The fourth-order valence-electron chi connectivity index (χ4n) is 3.17. The van der Waals surface area contributed by atoms with Gasteiger partial charge in [0.05, 0.1) is 11.4 Å². The number of carboxylic acids is 1. The molecule has 0 fully saturated rings. The van der Waals surface area contributed by atoms with E-state index in [1.807, 2.05) is 26.0 Å². The Bertz CT molecular complexity index is 708. The Morgan fingerprint density at radius 3 is 2.28 bits per heavy atom. The molecular weight excluding hydrogens is 454 g/mol. The van der Waals surface area contributed by atoms with Crippen LogP contribution in [0, 0.1) is 13.8 Å². The van der Waals surface area contributed by atoms with E-state index in [1.54, 1.807) is 0 Å². The lowest BCUT2D eigenvalue weighted by atomic mass is 10.1. The van der Waals surface area contributed by atoms with Gasteiger partial charge >= 0.3 is 5.97 Å². The highest BCUT2D eigenvalue weighted by Gasteiger charge is 2.23. The van der Waals surface area contributed by atoms with Crippen molar-refractivity contribution in [2.24, 2.45) is 0 Å². The molecule has 0 unspecified atom stereocenters. The molecule has 7 heteroatoms. The molecule has 0 aliphatic carbocycles. The number of aryl methyl sites for hydroxylation is 1. The first-order valence-corrected chi connectivity index (χ1v) is 12.0. The zero-order valence-corrected chi connectivity index (χ0v) is 20.0. The average molecular weight is 486 g/mol. The van der Waals surface area contributed by atoms with Gasteiger partial charge in [0.2, 0.25) is 5.91 Å². The number of benzene rings is 1. The molecule has 1 aromatic carbocycles. The summed E-state index contributed by atoms with van der Waals surface area (Å²) in [5, 5.41) is 9.25. The van der Waals surface area contributed by atoms with Crippen LogP contribution in [-0.2, 0) is 14.4 Å². The van der Waals surface area contributed by atoms with Crippen LogP contribution in [-0.4, -0.2) is 34.4 Å². The molecule has 1 aromatic rings. The first-order chi connectivity index (χ1) is 13.8. The molecule has 1 rings (SSSR count). The van der Waals surface area contributed by atoms with Gasteiger partial charge in [-0.15, -0.1) is 0 Å². The molecule has 29 heavy (non-hydrogen) atoms. The number of unbranched alkanes of at least 4 members (excludes halogenated alkanes) is 6. The summed E-state index contributed by atoms with van der Waals surface area (Å²) in [6.45, 7) is 5.45. The summed E-state index contributed by atoms with van der Waals surface area (Å²) in [5.41, 5.74) is 2.21. The van der Waals surface area contributed by atoms with Crippen molar-refractivity contribution < 1.29 is 19.5 Å². The van der Waals surface area contributed by atoms with Crippen molar-refractivity contribution in [3.63, 3.8) is 0 Å². The Kier molecular flexibility index (Phi) is 12.2. The van der Waals surface area contributed by atoms with E-state index in [1.165, 1.54) is 30.6 Å². The van der Waals surface area contributed by atoms with Crippen molar-refractivity contribution in [2.75, 3.05) is 17.2 Å². The number of hydrogen-bond acceptors (Lipinski definition) is 4. The molecule has 0 spiro atoms. The summed E-state index contributed by atoms with van der Waals surface area (Å²) in [7, 11) is 0. The lowest BCUT2D eigenvalue weighted by molar-refractivity contribution is -0.136. The third kappa shape index (κ3) is 9.34. The van der Waals surface area contributed by atoms with Crippen molar-refractivity contribution in [1.82, 2.24) is 0 Å². The second-order valence-corrected chi connectivity index (χ2v) is 9.13. The first kappa shape index (κ1) is 25.7. The number of rotatable bonds is 13. The minimum Gasteiger partial charge on any atom is -0.480 e. The molecule has 0 saturated heterocycles. The van der Waals surface area contributed by atoms with E-state index < -0.39 is 12.5 Å². The van der Waals surface area contributed by atoms with Crippen LogP contribution in [0.4, 0.5) is 5.69 Å². The molecule has 1 amide bonds. The number of aliphatic carboxylic acids is 1. The van der Waals surface area contributed by atoms with E-state index in [4.69, 9.17) is 0 Å². The highest BCUT2D eigenvalue weighted by Crippen LogP contribution is 2.31. The summed E-state index contributed by atoms with van der Waals surface area (Å²) in [5.74, 6) is -1.50. The van der Waals surface area contributed by atoms with Gasteiger partial charge in [0, 0.05) is 10.9 Å². The smallest absolute Gasteiger partial charge is 0.323 e. The maximum Gasteiger partial charge on any atom is 0.323 e. The Hall–Kier alpha value is -1.34. The fourth-order valence-corrected chi connectivity index (χ4v) is 4.22. The van der Waals surface area contributed by atoms with Crippen molar-refractivity contribution >= 4 is 50.4 Å². The maximum atomic E-state index is 12.8. The quantitative estimate of drug-likeness (QED) is 0.352. The normalized spacial score (nSPS) is 10.8. The van der Waals surface area contributed by atoms with Crippen LogP contribution in [0.25, 0.3) is 0 Å². The molecule has 0 aromatic heterocycles. The van der Waals surface area contributed by atoms with Crippen LogP contribution in [0.3, 0.4) is 0 Å². The number of nitrogens with zero attached hydrogens (tertiary/aromatic N) is 1. The number of carbonyl (C=O) groups excluding carboxylic acids is 2. The fraction of sp³-hybridized carbons (Fsp3) is 0.591. The Morgan fingerprint density at radius 2 is 1.66 bits per heavy atom. The predicted molar refractivity (Wildman–Crippen MR) is 124 cm³/mol. The highest BCUT2D eigenvalue weighted by molar-refractivity contribution is 9.10. The summed E-state index contributed by atoms with van der Waals surface area (Å²) in [6, 6.07) is 3.71. The molecule has 0 bridgehead atoms. The van der Waals surface area contributed by atoms with Crippen molar-refractivity contribution in [3.05, 3.63) is 27.7 Å². The second kappa shape index (κ2) is 13.8. The number of carbonyl (C=O) groups is 3. The van der Waals surface area contributed by atoms with Gasteiger partial charge in [-0.25, -0.2) is 0 Å². The molecule has 5 nitrogen and oxygen atoms in total. The molecule has 1 N–H and O–H groups in total. The average Bonchev–Trinajstić information content (AvgIpc) is 2.67. The number of hydrogen-bond donors (Lipinski definition) is 1. The van der Waals surface area contributed by atoms with Crippen molar-refractivity contribution in [3.8, 4) is 0 Å². The van der Waals surface area contributed by atoms with Crippen LogP contribution in [0.5, 0.6) is 0 Å². The molecule has 0 atom stereocenters. The SMILES string of the molecule is CCCCCCCCCC(=O)SCC(=O)N(CC(=O)O)c1c(C)ccc(Br)c1C. The van der Waals surface area contributed by atoms with E-state index >= 15 is 0 Å². The zero-order valence-electron chi connectivity index (χ0n) is 17.6. The molecule has 0 aliphatic rings. The Labute approximate surface area is 186 Å². The van der Waals surface area contributed by atoms with Crippen LogP contribution >= 0.6 is 27.7 Å². The van der Waals surface area contributed by atoms with Crippen LogP contribution in [0.1, 0.15) is 69.4 Å². The van der Waals surface area contributed by atoms with Gasteiger partial charge < -0.3 is 5.11 Å². The van der Waals surface area contributed by atoms with Gasteiger partial charge in [-0.3, -0.25) is 19.3 Å². The molecule has 0 saturated carbocycles. The van der Waals surface area contributed by atoms with Gasteiger partial charge in [-0.05, 0) is 37.5 Å². The Morgan fingerprint density at radius 1 is 1.03 bits per heavy atom. The second-order valence-electron chi connectivity index (χ2n) is 7.24. The van der Waals surface area contributed by atoms with Gasteiger partial charge in [0.1, 0.15) is 6.54 Å². The summed E-state index contributed by atoms with van der Waals surface area (Å²) >= 11 is 4.42.